The second-order valence-corrected chi connectivity index (χ2v) is 8.59. The fourth-order valence-electron chi connectivity index (χ4n) is 3.28. The van der Waals surface area contributed by atoms with Crippen LogP contribution in [0.2, 0.25) is 0 Å². The average molecular weight is 463 g/mol. The van der Waals surface area contributed by atoms with Gasteiger partial charge in [-0.05, 0) is 74.9 Å². The summed E-state index contributed by atoms with van der Waals surface area (Å²) in [7, 11) is 0. The van der Waals surface area contributed by atoms with E-state index in [1.807, 2.05) is 26.0 Å². The van der Waals surface area contributed by atoms with E-state index in [4.69, 9.17) is 18.9 Å². The molecule has 1 aliphatic heterocycles. The Bertz CT molecular complexity index is 728. The van der Waals surface area contributed by atoms with Crippen LogP contribution in [0.5, 0.6) is 11.5 Å². The van der Waals surface area contributed by atoms with E-state index in [9.17, 15) is 0 Å². The first-order valence-electron chi connectivity index (χ1n) is 10.4. The number of rotatable bonds is 11. The van der Waals surface area contributed by atoms with Crippen molar-refractivity contribution in [1.29, 1.82) is 0 Å². The molecule has 0 unspecified atom stereocenters. The van der Waals surface area contributed by atoms with Gasteiger partial charge in [0, 0.05) is 5.33 Å². The molecule has 0 N–H and O–H groups in total. The summed E-state index contributed by atoms with van der Waals surface area (Å²) in [5.41, 5.74) is 2.64. The van der Waals surface area contributed by atoms with Crippen molar-refractivity contribution in [3.63, 3.8) is 0 Å². The maximum absolute atomic E-state index is 5.86. The minimum absolute atomic E-state index is 0.0136. The van der Waals surface area contributed by atoms with Gasteiger partial charge in [-0.2, -0.15) is 0 Å². The highest BCUT2D eigenvalue weighted by molar-refractivity contribution is 9.09. The SMILES string of the molecule is CC1(C)OC[C@@H](COc2ccc(CCCOc3ccc(CCCBr)cc3)cc2)O1. The monoisotopic (exact) mass is 462 g/mol. The van der Waals surface area contributed by atoms with Gasteiger partial charge >= 0.3 is 0 Å². The van der Waals surface area contributed by atoms with E-state index in [2.05, 4.69) is 52.3 Å². The molecule has 0 aromatic heterocycles. The standard InChI is InChI=1S/C24H31BrO4/c1-24(2)28-18-23(29-24)17-27-22-13-9-20(10-14-22)6-4-16-26-21-11-7-19(8-12-21)5-3-15-25/h7-14,23H,3-6,15-18H2,1-2H3/t23-/m1/s1. The van der Waals surface area contributed by atoms with Crippen LogP contribution in [0.4, 0.5) is 0 Å². The van der Waals surface area contributed by atoms with E-state index in [0.717, 1.165) is 42.5 Å². The van der Waals surface area contributed by atoms with Gasteiger partial charge in [-0.3, -0.25) is 0 Å². The average Bonchev–Trinajstić information content (AvgIpc) is 3.08. The highest BCUT2D eigenvalue weighted by Crippen LogP contribution is 2.23. The smallest absolute Gasteiger partial charge is 0.163 e. The zero-order valence-electron chi connectivity index (χ0n) is 17.4. The van der Waals surface area contributed by atoms with Crippen molar-refractivity contribution in [2.75, 3.05) is 25.2 Å². The van der Waals surface area contributed by atoms with Gasteiger partial charge in [-0.25, -0.2) is 0 Å². The number of alkyl halides is 1. The molecule has 4 nitrogen and oxygen atoms in total. The van der Waals surface area contributed by atoms with Crippen LogP contribution in [0.3, 0.4) is 0 Å². The molecule has 2 aromatic carbocycles. The van der Waals surface area contributed by atoms with Gasteiger partial charge in [0.2, 0.25) is 0 Å². The van der Waals surface area contributed by atoms with Gasteiger partial charge in [0.05, 0.1) is 13.2 Å². The highest BCUT2D eigenvalue weighted by Gasteiger charge is 2.32. The third-order valence-electron chi connectivity index (χ3n) is 4.83. The molecule has 1 fully saturated rings. The summed E-state index contributed by atoms with van der Waals surface area (Å²) in [6.45, 7) is 5.64. The molecule has 158 valence electrons. The van der Waals surface area contributed by atoms with Crippen LogP contribution in [-0.2, 0) is 22.3 Å². The van der Waals surface area contributed by atoms with E-state index in [-0.39, 0.29) is 6.10 Å². The number of ether oxygens (including phenoxy) is 4. The van der Waals surface area contributed by atoms with Gasteiger partial charge in [-0.15, -0.1) is 0 Å². The van der Waals surface area contributed by atoms with E-state index in [0.29, 0.717) is 19.8 Å². The third kappa shape index (κ3) is 7.65. The Morgan fingerprint density at radius 2 is 1.48 bits per heavy atom. The Hall–Kier alpha value is -1.56. The Balaban J connectivity index is 1.33. The fourth-order valence-corrected chi connectivity index (χ4v) is 3.56. The molecule has 3 rings (SSSR count). The first-order valence-corrected chi connectivity index (χ1v) is 11.5. The van der Waals surface area contributed by atoms with Crippen LogP contribution in [-0.4, -0.2) is 37.0 Å². The summed E-state index contributed by atoms with van der Waals surface area (Å²) in [4.78, 5) is 0. The third-order valence-corrected chi connectivity index (χ3v) is 5.39. The molecule has 0 aliphatic carbocycles. The first-order chi connectivity index (χ1) is 14.0. The molecule has 0 radical (unpaired) electrons. The topological polar surface area (TPSA) is 36.9 Å². The predicted octanol–water partition coefficient (Wildman–Crippen LogP) is 5.56. The lowest BCUT2D eigenvalue weighted by molar-refractivity contribution is -0.141. The van der Waals surface area contributed by atoms with Crippen LogP contribution < -0.4 is 9.47 Å². The van der Waals surface area contributed by atoms with Gasteiger partial charge in [0.15, 0.2) is 5.79 Å². The molecule has 29 heavy (non-hydrogen) atoms. The Kier molecular flexibility index (Phi) is 8.40. The second kappa shape index (κ2) is 11.0. The minimum Gasteiger partial charge on any atom is -0.494 e. The van der Waals surface area contributed by atoms with Crippen molar-refractivity contribution in [3.05, 3.63) is 59.7 Å². The lowest BCUT2D eigenvalue weighted by Gasteiger charge is -2.17. The highest BCUT2D eigenvalue weighted by atomic mass is 79.9. The molecule has 2 aromatic rings. The van der Waals surface area contributed by atoms with E-state index in [1.54, 1.807) is 0 Å². The van der Waals surface area contributed by atoms with Crippen LogP contribution in [0.15, 0.2) is 48.5 Å². The predicted molar refractivity (Wildman–Crippen MR) is 119 cm³/mol. The fraction of sp³-hybridized carbons (Fsp3) is 0.500. The summed E-state index contributed by atoms with van der Waals surface area (Å²) in [5, 5.41) is 1.04. The number of hydrogen-bond acceptors (Lipinski definition) is 4. The molecule has 0 amide bonds. The molecule has 1 saturated heterocycles. The van der Waals surface area contributed by atoms with Crippen molar-refractivity contribution in [1.82, 2.24) is 0 Å². The molecule has 1 aliphatic rings. The Morgan fingerprint density at radius 3 is 2.03 bits per heavy atom. The Labute approximate surface area is 182 Å². The van der Waals surface area contributed by atoms with E-state index >= 15 is 0 Å². The summed E-state index contributed by atoms with van der Waals surface area (Å²) >= 11 is 3.47. The zero-order valence-corrected chi connectivity index (χ0v) is 18.9. The first kappa shape index (κ1) is 22.1. The minimum atomic E-state index is -0.505. The quantitative estimate of drug-likeness (QED) is 0.323. The van der Waals surface area contributed by atoms with Crippen LogP contribution in [0.25, 0.3) is 0 Å². The number of aryl methyl sites for hydroxylation is 2. The molecule has 0 spiro atoms. The summed E-state index contributed by atoms with van der Waals surface area (Å²) < 4.78 is 23.0. The van der Waals surface area contributed by atoms with Crippen LogP contribution >= 0.6 is 15.9 Å². The van der Waals surface area contributed by atoms with Gasteiger partial charge in [0.25, 0.3) is 0 Å². The van der Waals surface area contributed by atoms with Crippen molar-refractivity contribution >= 4 is 15.9 Å². The van der Waals surface area contributed by atoms with Crippen LogP contribution in [0.1, 0.15) is 37.8 Å². The molecule has 1 heterocycles. The molecule has 0 bridgehead atoms. The van der Waals surface area contributed by atoms with Crippen LogP contribution in [0, 0.1) is 0 Å². The van der Waals surface area contributed by atoms with E-state index in [1.165, 1.54) is 11.1 Å². The maximum atomic E-state index is 5.86. The maximum Gasteiger partial charge on any atom is 0.163 e. The van der Waals surface area contributed by atoms with Crippen molar-refractivity contribution in [3.8, 4) is 11.5 Å². The summed E-state index contributed by atoms with van der Waals surface area (Å²) in [6, 6.07) is 16.7. The zero-order chi connectivity index (χ0) is 20.5. The summed E-state index contributed by atoms with van der Waals surface area (Å²) in [5.74, 6) is 1.30. The number of benzene rings is 2. The van der Waals surface area contributed by atoms with Gasteiger partial charge < -0.3 is 18.9 Å². The molecular formula is C24H31BrO4. The molecule has 1 atom stereocenters. The van der Waals surface area contributed by atoms with Gasteiger partial charge in [0.1, 0.15) is 24.2 Å². The lowest BCUT2D eigenvalue weighted by Crippen LogP contribution is -2.25. The van der Waals surface area contributed by atoms with E-state index < -0.39 is 5.79 Å². The molecular weight excluding hydrogens is 432 g/mol. The van der Waals surface area contributed by atoms with Crippen molar-refractivity contribution in [2.45, 2.75) is 51.4 Å². The van der Waals surface area contributed by atoms with Crippen molar-refractivity contribution < 1.29 is 18.9 Å². The molecule has 5 heteroatoms. The second-order valence-electron chi connectivity index (χ2n) is 7.79. The largest absolute Gasteiger partial charge is 0.494 e. The van der Waals surface area contributed by atoms with Gasteiger partial charge in [-0.1, -0.05) is 40.2 Å². The normalized spacial score (nSPS) is 18.0. The van der Waals surface area contributed by atoms with Crippen molar-refractivity contribution in [2.24, 2.45) is 0 Å². The molecule has 0 saturated carbocycles. The summed E-state index contributed by atoms with van der Waals surface area (Å²) in [6.07, 6.45) is 4.21. The Morgan fingerprint density at radius 1 is 0.897 bits per heavy atom. The number of halogens is 1. The number of hydrogen-bond donors (Lipinski definition) is 0. The lowest BCUT2D eigenvalue weighted by atomic mass is 10.1.